The highest BCUT2D eigenvalue weighted by Crippen LogP contribution is 1.78. The van der Waals surface area contributed by atoms with Crippen molar-refractivity contribution in [3.63, 3.8) is 0 Å². The molecule has 0 aromatic rings. The van der Waals surface area contributed by atoms with E-state index in [1.54, 1.807) is 7.05 Å². The van der Waals surface area contributed by atoms with E-state index >= 15 is 0 Å². The molecule has 4 heteroatoms. The Bertz CT molecular complexity index is 87.0. The molecule has 1 N–H and O–H groups in total. The fraction of sp³-hybridized carbons (Fsp3) is 0.800. The van der Waals surface area contributed by atoms with Gasteiger partial charge in [0.15, 0.2) is 0 Å². The molecule has 0 amide bonds. The Morgan fingerprint density at radius 1 is 1.78 bits per heavy atom. The van der Waals surface area contributed by atoms with Crippen molar-refractivity contribution in [2.75, 3.05) is 26.0 Å². The number of carbonyl (C=O) groups excluding carboxylic acids is 1. The van der Waals surface area contributed by atoms with Gasteiger partial charge in [-0.1, -0.05) is 0 Å². The Labute approximate surface area is 60.2 Å². The van der Waals surface area contributed by atoms with E-state index in [1.165, 1.54) is 0 Å². The van der Waals surface area contributed by atoms with Crippen LogP contribution in [0.4, 0.5) is 0 Å². The van der Waals surface area contributed by atoms with Crippen molar-refractivity contribution in [1.29, 1.82) is 0 Å². The average Bonchev–Trinajstić information content (AvgIpc) is 1.85. The smallest absolute Gasteiger partial charge is 0.319 e. The van der Waals surface area contributed by atoms with Crippen molar-refractivity contribution >= 4 is 18.6 Å². The normalized spacial score (nSPS) is 9.11. The van der Waals surface area contributed by atoms with Crippen LogP contribution in [0, 0.1) is 0 Å². The summed E-state index contributed by atoms with van der Waals surface area (Å²) in [4.78, 5) is 10.5. The van der Waals surface area contributed by atoms with Crippen LogP contribution in [0.25, 0.3) is 0 Å². The second-order valence-electron chi connectivity index (χ2n) is 1.47. The second-order valence-corrected chi connectivity index (χ2v) is 1.92. The molecule has 0 bridgehead atoms. The number of likely N-dealkylation sites (N-methyl/N-ethyl adjacent to an activating group) is 1. The molecule has 3 nitrogen and oxygen atoms in total. The molecule has 0 saturated carbocycles. The van der Waals surface area contributed by atoms with E-state index in [0.29, 0.717) is 12.4 Å². The van der Waals surface area contributed by atoms with Crippen molar-refractivity contribution in [2.24, 2.45) is 0 Å². The van der Waals surface area contributed by atoms with E-state index < -0.39 is 0 Å². The van der Waals surface area contributed by atoms with Gasteiger partial charge in [0.25, 0.3) is 0 Å². The lowest BCUT2D eigenvalue weighted by Crippen LogP contribution is -2.21. The summed E-state index contributed by atoms with van der Waals surface area (Å²) in [5.41, 5.74) is 0. The number of nitrogens with one attached hydrogen (secondary N) is 1. The Morgan fingerprint density at radius 2 is 2.44 bits per heavy atom. The van der Waals surface area contributed by atoms with Gasteiger partial charge in [-0.25, -0.2) is 0 Å². The minimum absolute atomic E-state index is 0.230. The maximum Gasteiger partial charge on any atom is 0.319 e. The zero-order valence-electron chi connectivity index (χ0n) is 5.39. The standard InChI is InChI=1S/C5H11NO2S/c1-6-4-5(7)8-2-3-9/h6,9H,2-4H2,1H3. The van der Waals surface area contributed by atoms with Gasteiger partial charge in [-0.15, -0.1) is 0 Å². The fourth-order valence-corrected chi connectivity index (χ4v) is 0.446. The molecule has 0 aromatic heterocycles. The topological polar surface area (TPSA) is 38.3 Å². The summed E-state index contributed by atoms with van der Waals surface area (Å²) >= 11 is 3.87. The van der Waals surface area contributed by atoms with Gasteiger partial charge in [-0.2, -0.15) is 12.6 Å². The fourth-order valence-electron chi connectivity index (χ4n) is 0.355. The highest BCUT2D eigenvalue weighted by atomic mass is 32.1. The van der Waals surface area contributed by atoms with Crippen LogP contribution >= 0.6 is 12.6 Å². The van der Waals surface area contributed by atoms with Gasteiger partial charge >= 0.3 is 5.97 Å². The number of esters is 1. The first kappa shape index (κ1) is 8.78. The predicted molar refractivity (Wildman–Crippen MR) is 38.7 cm³/mol. The van der Waals surface area contributed by atoms with E-state index in [-0.39, 0.29) is 12.5 Å². The van der Waals surface area contributed by atoms with E-state index in [1.807, 2.05) is 0 Å². The summed E-state index contributed by atoms with van der Waals surface area (Å²) in [5.74, 6) is 0.349. The molecule has 0 aromatic carbocycles. The lowest BCUT2D eigenvalue weighted by molar-refractivity contribution is -0.141. The first-order valence-electron chi connectivity index (χ1n) is 2.72. The largest absolute Gasteiger partial charge is 0.464 e. The molecule has 0 rings (SSSR count). The van der Waals surface area contributed by atoms with Crippen molar-refractivity contribution in [1.82, 2.24) is 5.32 Å². The summed E-state index contributed by atoms with van der Waals surface area (Å²) in [6.07, 6.45) is 0. The minimum Gasteiger partial charge on any atom is -0.464 e. The Morgan fingerprint density at radius 3 is 2.89 bits per heavy atom. The first-order chi connectivity index (χ1) is 4.31. The van der Waals surface area contributed by atoms with Crippen molar-refractivity contribution in [3.05, 3.63) is 0 Å². The zero-order chi connectivity index (χ0) is 7.11. The third-order valence-corrected chi connectivity index (χ3v) is 0.858. The third kappa shape index (κ3) is 5.65. The number of rotatable bonds is 4. The second kappa shape index (κ2) is 5.91. The molecule has 0 saturated heterocycles. The van der Waals surface area contributed by atoms with Gasteiger partial charge in [0.1, 0.15) is 6.61 Å². The molecule has 0 atom stereocenters. The summed E-state index contributed by atoms with van der Waals surface area (Å²) in [6.45, 7) is 0.664. The molecular weight excluding hydrogens is 138 g/mol. The van der Waals surface area contributed by atoms with Crippen molar-refractivity contribution < 1.29 is 9.53 Å². The Hall–Kier alpha value is -0.220. The molecule has 9 heavy (non-hydrogen) atoms. The molecular formula is C5H11NO2S. The number of ether oxygens (including phenoxy) is 1. The van der Waals surface area contributed by atoms with E-state index in [0.717, 1.165) is 0 Å². The van der Waals surface area contributed by atoms with Gasteiger partial charge < -0.3 is 10.1 Å². The van der Waals surface area contributed by atoms with E-state index in [4.69, 9.17) is 0 Å². The molecule has 54 valence electrons. The van der Waals surface area contributed by atoms with Crippen LogP contribution in [0.1, 0.15) is 0 Å². The molecule has 0 unspecified atom stereocenters. The van der Waals surface area contributed by atoms with Crippen LogP contribution in [-0.2, 0) is 9.53 Å². The molecule has 0 aliphatic carbocycles. The van der Waals surface area contributed by atoms with Crippen LogP contribution < -0.4 is 5.32 Å². The quantitative estimate of drug-likeness (QED) is 0.425. The van der Waals surface area contributed by atoms with Crippen LogP contribution in [-0.4, -0.2) is 31.9 Å². The number of thiol groups is 1. The van der Waals surface area contributed by atoms with Crippen LogP contribution in [0.2, 0.25) is 0 Å². The third-order valence-electron chi connectivity index (χ3n) is 0.675. The van der Waals surface area contributed by atoms with Gasteiger partial charge in [0, 0.05) is 5.75 Å². The Balaban J connectivity index is 3.06. The number of hydrogen-bond acceptors (Lipinski definition) is 4. The molecule has 0 aliphatic heterocycles. The first-order valence-corrected chi connectivity index (χ1v) is 3.35. The van der Waals surface area contributed by atoms with E-state index in [2.05, 4.69) is 22.7 Å². The van der Waals surface area contributed by atoms with Crippen LogP contribution in [0.3, 0.4) is 0 Å². The number of carbonyl (C=O) groups is 1. The summed E-state index contributed by atoms with van der Waals surface area (Å²) in [7, 11) is 1.70. The zero-order valence-corrected chi connectivity index (χ0v) is 6.28. The van der Waals surface area contributed by atoms with Crippen LogP contribution in [0.5, 0.6) is 0 Å². The van der Waals surface area contributed by atoms with Gasteiger partial charge in [-0.3, -0.25) is 4.79 Å². The van der Waals surface area contributed by atoms with Crippen molar-refractivity contribution in [3.8, 4) is 0 Å². The monoisotopic (exact) mass is 149 g/mol. The number of hydrogen-bond donors (Lipinski definition) is 2. The van der Waals surface area contributed by atoms with Crippen molar-refractivity contribution in [2.45, 2.75) is 0 Å². The van der Waals surface area contributed by atoms with Gasteiger partial charge in [-0.05, 0) is 7.05 Å². The lowest BCUT2D eigenvalue weighted by atomic mass is 10.6. The lowest BCUT2D eigenvalue weighted by Gasteiger charge is -1.99. The molecule has 0 radical (unpaired) electrons. The summed E-state index contributed by atoms with van der Waals surface area (Å²) in [6, 6.07) is 0. The molecule has 0 aliphatic rings. The SMILES string of the molecule is CNCC(=O)OCCS. The molecule has 0 heterocycles. The van der Waals surface area contributed by atoms with E-state index in [9.17, 15) is 4.79 Å². The summed E-state index contributed by atoms with van der Waals surface area (Å²) < 4.78 is 4.65. The highest BCUT2D eigenvalue weighted by molar-refractivity contribution is 7.80. The van der Waals surface area contributed by atoms with Gasteiger partial charge in [0.2, 0.25) is 0 Å². The van der Waals surface area contributed by atoms with Gasteiger partial charge in [0.05, 0.1) is 6.54 Å². The summed E-state index contributed by atoms with van der Waals surface area (Å²) in [5, 5.41) is 2.68. The molecule has 0 fully saturated rings. The minimum atomic E-state index is -0.230. The maximum absolute atomic E-state index is 10.5. The average molecular weight is 149 g/mol. The maximum atomic E-state index is 10.5. The van der Waals surface area contributed by atoms with Crippen LogP contribution in [0.15, 0.2) is 0 Å². The Kier molecular flexibility index (Phi) is 5.76. The highest BCUT2D eigenvalue weighted by Gasteiger charge is 1.96. The predicted octanol–water partition coefficient (Wildman–Crippen LogP) is -0.321. The molecule has 0 spiro atoms.